The number of ether oxygens (including phenoxy) is 1. The molecule has 0 spiro atoms. The van der Waals surface area contributed by atoms with Gasteiger partial charge in [-0.1, -0.05) is 13.8 Å². The fraction of sp³-hybridized carbons (Fsp3) is 0.786. The molecule has 3 atom stereocenters. The zero-order chi connectivity index (χ0) is 13.1. The Morgan fingerprint density at radius 2 is 2.39 bits per heavy atom. The lowest BCUT2D eigenvalue weighted by atomic mass is 9.94. The van der Waals surface area contributed by atoms with Crippen molar-refractivity contribution in [1.29, 1.82) is 0 Å². The molecule has 1 fully saturated rings. The fourth-order valence-electron chi connectivity index (χ4n) is 2.81. The molecule has 1 aromatic rings. The van der Waals surface area contributed by atoms with E-state index in [0.717, 1.165) is 26.0 Å². The summed E-state index contributed by atoms with van der Waals surface area (Å²) < 4.78 is 7.94. The third-order valence-electron chi connectivity index (χ3n) is 3.86. The normalized spacial score (nSPS) is 25.6. The van der Waals surface area contributed by atoms with Gasteiger partial charge in [-0.3, -0.25) is 4.68 Å². The first kappa shape index (κ1) is 13.6. The van der Waals surface area contributed by atoms with Crippen molar-refractivity contribution in [1.82, 2.24) is 15.1 Å². The molecule has 1 aliphatic heterocycles. The molecule has 0 aromatic carbocycles. The molecule has 1 aromatic heterocycles. The molecule has 3 unspecified atom stereocenters. The average molecular weight is 251 g/mol. The van der Waals surface area contributed by atoms with E-state index in [-0.39, 0.29) is 12.1 Å². The minimum Gasteiger partial charge on any atom is -0.376 e. The van der Waals surface area contributed by atoms with E-state index in [4.69, 9.17) is 4.74 Å². The van der Waals surface area contributed by atoms with Gasteiger partial charge in [0.05, 0.1) is 24.0 Å². The van der Waals surface area contributed by atoms with Gasteiger partial charge in [-0.2, -0.15) is 5.10 Å². The molecule has 0 amide bonds. The highest BCUT2D eigenvalue weighted by Crippen LogP contribution is 2.32. The Morgan fingerprint density at radius 3 is 2.89 bits per heavy atom. The number of aryl methyl sites for hydroxylation is 2. The second-order valence-electron chi connectivity index (χ2n) is 5.37. The number of hydrogen-bond donors (Lipinski definition) is 1. The van der Waals surface area contributed by atoms with E-state index in [1.165, 1.54) is 11.3 Å². The molecule has 2 rings (SSSR count). The summed E-state index contributed by atoms with van der Waals surface area (Å²) in [5, 5.41) is 8.00. The molecular weight excluding hydrogens is 226 g/mol. The van der Waals surface area contributed by atoms with Gasteiger partial charge in [-0.05, 0) is 37.8 Å². The molecule has 18 heavy (non-hydrogen) atoms. The summed E-state index contributed by atoms with van der Waals surface area (Å²) >= 11 is 0. The van der Waals surface area contributed by atoms with E-state index in [2.05, 4.69) is 31.2 Å². The third kappa shape index (κ3) is 2.59. The lowest BCUT2D eigenvalue weighted by molar-refractivity contribution is 0.0580. The third-order valence-corrected chi connectivity index (χ3v) is 3.86. The number of nitrogens with zero attached hydrogens (tertiary/aromatic N) is 2. The van der Waals surface area contributed by atoms with Gasteiger partial charge in [-0.25, -0.2) is 0 Å². The summed E-state index contributed by atoms with van der Waals surface area (Å²) in [7, 11) is 2.02. The van der Waals surface area contributed by atoms with Crippen molar-refractivity contribution in [2.75, 3.05) is 13.2 Å². The Hall–Kier alpha value is -0.870. The summed E-state index contributed by atoms with van der Waals surface area (Å²) in [5.74, 6) is 0.605. The van der Waals surface area contributed by atoms with Gasteiger partial charge in [0.1, 0.15) is 0 Å². The molecule has 4 heteroatoms. The molecule has 102 valence electrons. The summed E-state index contributed by atoms with van der Waals surface area (Å²) in [6.45, 7) is 8.50. The van der Waals surface area contributed by atoms with Crippen LogP contribution in [0.15, 0.2) is 6.20 Å². The fourth-order valence-corrected chi connectivity index (χ4v) is 2.81. The van der Waals surface area contributed by atoms with Gasteiger partial charge in [0.25, 0.3) is 0 Å². The predicted octanol–water partition coefficient (Wildman–Crippen LogP) is 2.19. The second kappa shape index (κ2) is 5.85. The Balaban J connectivity index is 2.24. The van der Waals surface area contributed by atoms with Gasteiger partial charge in [0.2, 0.25) is 0 Å². The van der Waals surface area contributed by atoms with Crippen LogP contribution >= 0.6 is 0 Å². The van der Waals surface area contributed by atoms with Crippen LogP contribution in [0.1, 0.15) is 44.0 Å². The zero-order valence-electron chi connectivity index (χ0n) is 11.9. The van der Waals surface area contributed by atoms with E-state index in [9.17, 15) is 0 Å². The number of aromatic nitrogens is 2. The van der Waals surface area contributed by atoms with Crippen LogP contribution in [-0.4, -0.2) is 29.0 Å². The number of hydrogen-bond acceptors (Lipinski definition) is 3. The lowest BCUT2D eigenvalue weighted by Gasteiger charge is -2.28. The predicted molar refractivity (Wildman–Crippen MR) is 72.5 cm³/mol. The Morgan fingerprint density at radius 1 is 1.61 bits per heavy atom. The first-order chi connectivity index (χ1) is 8.65. The highest BCUT2D eigenvalue weighted by Gasteiger charge is 2.34. The summed E-state index contributed by atoms with van der Waals surface area (Å²) in [6.07, 6.45) is 4.50. The van der Waals surface area contributed by atoms with E-state index in [0.29, 0.717) is 5.92 Å². The van der Waals surface area contributed by atoms with Crippen LogP contribution in [0.25, 0.3) is 0 Å². The van der Waals surface area contributed by atoms with Crippen molar-refractivity contribution in [2.45, 2.75) is 45.8 Å². The van der Waals surface area contributed by atoms with Gasteiger partial charge >= 0.3 is 0 Å². The summed E-state index contributed by atoms with van der Waals surface area (Å²) in [6, 6.07) is 0.259. The highest BCUT2D eigenvalue weighted by atomic mass is 16.5. The smallest absolute Gasteiger partial charge is 0.0811 e. The van der Waals surface area contributed by atoms with E-state index in [1.54, 1.807) is 0 Å². The molecule has 0 saturated carbocycles. The SMILES string of the molecule is CCCNC(c1c(C)cnn1C)C1OCCC1C. The van der Waals surface area contributed by atoms with Crippen LogP contribution < -0.4 is 5.32 Å². The minimum absolute atomic E-state index is 0.259. The van der Waals surface area contributed by atoms with Gasteiger partial charge < -0.3 is 10.1 Å². The summed E-state index contributed by atoms with van der Waals surface area (Å²) in [4.78, 5) is 0. The summed E-state index contributed by atoms with van der Waals surface area (Å²) in [5.41, 5.74) is 2.51. The molecular formula is C14H25N3O. The molecule has 4 nitrogen and oxygen atoms in total. The first-order valence-electron chi connectivity index (χ1n) is 6.98. The Bertz CT molecular complexity index is 369. The second-order valence-corrected chi connectivity index (χ2v) is 5.37. The van der Waals surface area contributed by atoms with Crippen molar-refractivity contribution in [2.24, 2.45) is 13.0 Å². The van der Waals surface area contributed by atoms with E-state index in [1.807, 2.05) is 17.9 Å². The monoisotopic (exact) mass is 251 g/mol. The van der Waals surface area contributed by atoms with Crippen LogP contribution in [0.4, 0.5) is 0 Å². The van der Waals surface area contributed by atoms with Crippen molar-refractivity contribution in [3.8, 4) is 0 Å². The number of rotatable bonds is 5. The molecule has 1 saturated heterocycles. The van der Waals surface area contributed by atoms with Crippen LogP contribution in [-0.2, 0) is 11.8 Å². The molecule has 0 bridgehead atoms. The quantitative estimate of drug-likeness (QED) is 0.872. The molecule has 1 aliphatic rings. The molecule has 1 N–H and O–H groups in total. The lowest BCUT2D eigenvalue weighted by Crippen LogP contribution is -2.37. The van der Waals surface area contributed by atoms with Crippen LogP contribution in [0.5, 0.6) is 0 Å². The number of nitrogens with one attached hydrogen (secondary N) is 1. The molecule has 2 heterocycles. The van der Waals surface area contributed by atoms with Gasteiger partial charge in [0, 0.05) is 13.7 Å². The van der Waals surface area contributed by atoms with Crippen LogP contribution in [0, 0.1) is 12.8 Å². The van der Waals surface area contributed by atoms with Crippen LogP contribution in [0.3, 0.4) is 0 Å². The van der Waals surface area contributed by atoms with E-state index < -0.39 is 0 Å². The Kier molecular flexibility index (Phi) is 4.40. The van der Waals surface area contributed by atoms with Gasteiger partial charge in [-0.15, -0.1) is 0 Å². The van der Waals surface area contributed by atoms with Crippen LogP contribution in [0.2, 0.25) is 0 Å². The standard InChI is InChI=1S/C14H25N3O/c1-5-7-15-12(14-10(2)6-8-18-14)13-11(3)9-16-17(13)4/h9-10,12,14-15H,5-8H2,1-4H3. The maximum atomic E-state index is 5.95. The molecule has 0 radical (unpaired) electrons. The largest absolute Gasteiger partial charge is 0.376 e. The maximum absolute atomic E-state index is 5.95. The Labute approximate surface area is 110 Å². The first-order valence-corrected chi connectivity index (χ1v) is 6.98. The average Bonchev–Trinajstić information content (AvgIpc) is 2.90. The highest BCUT2D eigenvalue weighted by molar-refractivity contribution is 5.21. The van der Waals surface area contributed by atoms with Crippen molar-refractivity contribution in [3.05, 3.63) is 17.5 Å². The van der Waals surface area contributed by atoms with Crippen molar-refractivity contribution < 1.29 is 4.74 Å². The topological polar surface area (TPSA) is 39.1 Å². The van der Waals surface area contributed by atoms with Crippen molar-refractivity contribution in [3.63, 3.8) is 0 Å². The van der Waals surface area contributed by atoms with Gasteiger partial charge in [0.15, 0.2) is 0 Å². The maximum Gasteiger partial charge on any atom is 0.0811 e. The zero-order valence-corrected chi connectivity index (χ0v) is 11.9. The van der Waals surface area contributed by atoms with Crippen molar-refractivity contribution >= 4 is 0 Å². The van der Waals surface area contributed by atoms with E-state index >= 15 is 0 Å². The molecule has 0 aliphatic carbocycles. The minimum atomic E-state index is 0.259.